The van der Waals surface area contributed by atoms with Crippen LogP contribution in [0.1, 0.15) is 12.6 Å². The number of methoxy groups -OCH3 is 1. The van der Waals surface area contributed by atoms with E-state index in [1.807, 2.05) is 18.2 Å². The van der Waals surface area contributed by atoms with Gasteiger partial charge in [-0.1, -0.05) is 6.07 Å². The molecule has 100 valence electrons. The molecule has 2 atom stereocenters. The minimum absolute atomic E-state index is 0.112. The Hall–Kier alpha value is -0.840. The zero-order chi connectivity index (χ0) is 13.0. The number of hydrogen-bond acceptors (Lipinski definition) is 4. The second-order valence-electron chi connectivity index (χ2n) is 4.59. The Morgan fingerprint density at radius 2 is 2.33 bits per heavy atom. The Morgan fingerprint density at radius 3 is 3.06 bits per heavy atom. The van der Waals surface area contributed by atoms with E-state index in [2.05, 4.69) is 16.8 Å². The number of halogens is 1. The molecule has 2 heterocycles. The average Bonchev–Trinajstić information content (AvgIpc) is 2.38. The third-order valence-electron chi connectivity index (χ3n) is 2.95. The first-order chi connectivity index (χ1) is 8.71. The Labute approximate surface area is 113 Å². The first-order valence-electron chi connectivity index (χ1n) is 6.15. The van der Waals surface area contributed by atoms with Crippen molar-refractivity contribution >= 4 is 11.6 Å². The molecule has 0 amide bonds. The molecule has 0 saturated carbocycles. The normalized spacial score (nSPS) is 25.1. The first kappa shape index (κ1) is 13.6. The summed E-state index contributed by atoms with van der Waals surface area (Å²) >= 11 is 5.87. The number of alkyl halides is 1. The fraction of sp³-hybridized carbons (Fsp3) is 0.615. The van der Waals surface area contributed by atoms with Gasteiger partial charge in [-0.2, -0.15) is 0 Å². The van der Waals surface area contributed by atoms with E-state index >= 15 is 0 Å². The summed E-state index contributed by atoms with van der Waals surface area (Å²) in [6.45, 7) is 4.64. The van der Waals surface area contributed by atoms with Crippen molar-refractivity contribution in [1.29, 1.82) is 0 Å². The number of pyridine rings is 1. The molecular formula is C13H19ClN2O2. The predicted molar refractivity (Wildman–Crippen MR) is 71.1 cm³/mol. The quantitative estimate of drug-likeness (QED) is 0.783. The standard InChI is InChI=1S/C13H19ClN2O2/c1-10-7-16(9-12(6-14)18-10)8-11-4-3-5-13(15-11)17-2/h3-5,10,12H,6-9H2,1-2H3. The van der Waals surface area contributed by atoms with E-state index in [-0.39, 0.29) is 12.2 Å². The molecule has 1 fully saturated rings. The molecule has 2 rings (SSSR count). The molecule has 0 spiro atoms. The largest absolute Gasteiger partial charge is 0.481 e. The number of ether oxygens (including phenoxy) is 2. The molecule has 1 saturated heterocycles. The number of rotatable bonds is 4. The molecule has 0 aliphatic carbocycles. The molecule has 4 nitrogen and oxygen atoms in total. The van der Waals surface area contributed by atoms with Crippen molar-refractivity contribution in [2.75, 3.05) is 26.1 Å². The van der Waals surface area contributed by atoms with Crippen LogP contribution in [0.3, 0.4) is 0 Å². The van der Waals surface area contributed by atoms with Gasteiger partial charge in [0.05, 0.1) is 25.0 Å². The highest BCUT2D eigenvalue weighted by Gasteiger charge is 2.24. The molecule has 18 heavy (non-hydrogen) atoms. The summed E-state index contributed by atoms with van der Waals surface area (Å²) in [7, 11) is 1.63. The summed E-state index contributed by atoms with van der Waals surface area (Å²) in [6, 6.07) is 5.83. The highest BCUT2D eigenvalue weighted by atomic mass is 35.5. The van der Waals surface area contributed by atoms with Gasteiger partial charge in [0.25, 0.3) is 0 Å². The number of nitrogens with zero attached hydrogens (tertiary/aromatic N) is 2. The zero-order valence-corrected chi connectivity index (χ0v) is 11.6. The van der Waals surface area contributed by atoms with Crippen LogP contribution in [0.5, 0.6) is 5.88 Å². The smallest absolute Gasteiger partial charge is 0.213 e. The summed E-state index contributed by atoms with van der Waals surface area (Å²) in [5.41, 5.74) is 1.01. The van der Waals surface area contributed by atoms with Crippen molar-refractivity contribution in [1.82, 2.24) is 9.88 Å². The fourth-order valence-corrected chi connectivity index (χ4v) is 2.41. The van der Waals surface area contributed by atoms with Crippen LogP contribution in [0.25, 0.3) is 0 Å². The molecule has 0 bridgehead atoms. The minimum atomic E-state index is 0.112. The second kappa shape index (κ2) is 6.36. The lowest BCUT2D eigenvalue weighted by Crippen LogP contribution is -2.46. The van der Waals surface area contributed by atoms with E-state index in [9.17, 15) is 0 Å². The van der Waals surface area contributed by atoms with Crippen LogP contribution < -0.4 is 4.74 Å². The van der Waals surface area contributed by atoms with Gasteiger partial charge in [-0.3, -0.25) is 4.90 Å². The first-order valence-corrected chi connectivity index (χ1v) is 6.68. The number of aromatic nitrogens is 1. The van der Waals surface area contributed by atoms with Crippen LogP contribution in [0, 0.1) is 0 Å². The van der Waals surface area contributed by atoms with Crippen LogP contribution >= 0.6 is 11.6 Å². The summed E-state index contributed by atoms with van der Waals surface area (Å²) in [4.78, 5) is 6.75. The second-order valence-corrected chi connectivity index (χ2v) is 4.90. The summed E-state index contributed by atoms with van der Waals surface area (Å²) in [6.07, 6.45) is 0.328. The Kier molecular flexibility index (Phi) is 4.80. The maximum Gasteiger partial charge on any atom is 0.213 e. The Balaban J connectivity index is 1.99. The third-order valence-corrected chi connectivity index (χ3v) is 3.29. The molecular weight excluding hydrogens is 252 g/mol. The van der Waals surface area contributed by atoms with Gasteiger partial charge >= 0.3 is 0 Å². The Bertz CT molecular complexity index is 389. The molecule has 1 aromatic rings. The summed E-state index contributed by atoms with van der Waals surface area (Å²) < 4.78 is 10.9. The van der Waals surface area contributed by atoms with Gasteiger partial charge in [-0.05, 0) is 13.0 Å². The van der Waals surface area contributed by atoms with Crippen molar-refractivity contribution in [2.24, 2.45) is 0 Å². The topological polar surface area (TPSA) is 34.6 Å². The van der Waals surface area contributed by atoms with E-state index in [0.717, 1.165) is 25.3 Å². The fourth-order valence-electron chi connectivity index (χ4n) is 2.24. The summed E-state index contributed by atoms with van der Waals surface area (Å²) in [5, 5.41) is 0. The van der Waals surface area contributed by atoms with Crippen LogP contribution in [-0.2, 0) is 11.3 Å². The molecule has 2 unspecified atom stereocenters. The number of hydrogen-bond donors (Lipinski definition) is 0. The van der Waals surface area contributed by atoms with E-state index in [1.54, 1.807) is 7.11 Å². The minimum Gasteiger partial charge on any atom is -0.481 e. The SMILES string of the molecule is COc1cccc(CN2CC(C)OC(CCl)C2)n1. The average molecular weight is 271 g/mol. The molecule has 0 aromatic carbocycles. The van der Waals surface area contributed by atoms with E-state index in [1.165, 1.54) is 0 Å². The van der Waals surface area contributed by atoms with Gasteiger partial charge in [0.2, 0.25) is 5.88 Å². The lowest BCUT2D eigenvalue weighted by atomic mass is 10.2. The molecule has 0 radical (unpaired) electrons. The van der Waals surface area contributed by atoms with Crippen LogP contribution in [0.15, 0.2) is 18.2 Å². The van der Waals surface area contributed by atoms with Gasteiger partial charge in [0.15, 0.2) is 0 Å². The van der Waals surface area contributed by atoms with Crippen molar-refractivity contribution in [3.63, 3.8) is 0 Å². The maximum absolute atomic E-state index is 5.87. The van der Waals surface area contributed by atoms with Crippen LogP contribution in [0.4, 0.5) is 0 Å². The van der Waals surface area contributed by atoms with Gasteiger partial charge in [-0.15, -0.1) is 11.6 Å². The molecule has 1 aromatic heterocycles. The molecule has 1 aliphatic rings. The highest BCUT2D eigenvalue weighted by Crippen LogP contribution is 2.15. The van der Waals surface area contributed by atoms with Crippen molar-refractivity contribution in [2.45, 2.75) is 25.7 Å². The van der Waals surface area contributed by atoms with Gasteiger partial charge in [0.1, 0.15) is 0 Å². The van der Waals surface area contributed by atoms with Gasteiger partial charge < -0.3 is 9.47 Å². The maximum atomic E-state index is 5.87. The number of morpholine rings is 1. The summed E-state index contributed by atoms with van der Waals surface area (Å²) in [5.74, 6) is 1.19. The molecule has 0 N–H and O–H groups in total. The van der Waals surface area contributed by atoms with Crippen molar-refractivity contribution in [3.8, 4) is 5.88 Å². The lowest BCUT2D eigenvalue weighted by Gasteiger charge is -2.35. The monoisotopic (exact) mass is 270 g/mol. The molecule has 5 heteroatoms. The van der Waals surface area contributed by atoms with Gasteiger partial charge in [-0.25, -0.2) is 4.98 Å². The van der Waals surface area contributed by atoms with Crippen LogP contribution in [0.2, 0.25) is 0 Å². The van der Waals surface area contributed by atoms with Gasteiger partial charge in [0, 0.05) is 31.6 Å². The zero-order valence-electron chi connectivity index (χ0n) is 10.8. The van der Waals surface area contributed by atoms with E-state index in [4.69, 9.17) is 21.1 Å². The third kappa shape index (κ3) is 3.57. The van der Waals surface area contributed by atoms with E-state index in [0.29, 0.717) is 11.8 Å². The van der Waals surface area contributed by atoms with Crippen molar-refractivity contribution < 1.29 is 9.47 Å². The highest BCUT2D eigenvalue weighted by molar-refractivity contribution is 6.18. The lowest BCUT2D eigenvalue weighted by molar-refractivity contribution is -0.0691. The molecule has 1 aliphatic heterocycles. The Morgan fingerprint density at radius 1 is 1.50 bits per heavy atom. The predicted octanol–water partition coefficient (Wildman–Crippen LogP) is 1.92. The van der Waals surface area contributed by atoms with Crippen LogP contribution in [-0.4, -0.2) is 48.2 Å². The van der Waals surface area contributed by atoms with Crippen molar-refractivity contribution in [3.05, 3.63) is 23.9 Å². The van der Waals surface area contributed by atoms with E-state index < -0.39 is 0 Å².